The standard InChI is InChI=1S/C18H22N4O2/c1-13-12-22(10-9-18(13)7-8-18)15(23)11-19-17-21-20-16(24-17)14-5-3-2-4-6-14/h2-6,13H,7-12H2,1H3,(H,19,21). The lowest BCUT2D eigenvalue weighted by Crippen LogP contribution is -2.45. The van der Waals surface area contributed by atoms with Gasteiger partial charge in [0.15, 0.2) is 0 Å². The maximum Gasteiger partial charge on any atom is 0.316 e. The molecule has 2 aliphatic rings. The lowest BCUT2D eigenvalue weighted by atomic mass is 9.83. The summed E-state index contributed by atoms with van der Waals surface area (Å²) in [5, 5.41) is 10.9. The Bertz CT molecular complexity index is 724. The van der Waals surface area contributed by atoms with Gasteiger partial charge in [0.2, 0.25) is 11.8 Å². The molecule has 6 heteroatoms. The van der Waals surface area contributed by atoms with Gasteiger partial charge in [-0.2, -0.15) is 0 Å². The number of nitrogens with zero attached hydrogens (tertiary/aromatic N) is 3. The van der Waals surface area contributed by atoms with Gasteiger partial charge in [-0.15, -0.1) is 5.10 Å². The Morgan fingerprint density at radius 2 is 2.08 bits per heavy atom. The molecule has 1 aliphatic carbocycles. The van der Waals surface area contributed by atoms with E-state index < -0.39 is 0 Å². The zero-order valence-corrected chi connectivity index (χ0v) is 13.9. The predicted octanol–water partition coefficient (Wildman–Crippen LogP) is 2.80. The van der Waals surface area contributed by atoms with Crippen LogP contribution in [0.2, 0.25) is 0 Å². The van der Waals surface area contributed by atoms with Crippen molar-refractivity contribution in [3.8, 4) is 11.5 Å². The van der Waals surface area contributed by atoms with Gasteiger partial charge in [0.1, 0.15) is 0 Å². The average Bonchev–Trinajstić information content (AvgIpc) is 3.23. The minimum absolute atomic E-state index is 0.0943. The van der Waals surface area contributed by atoms with Crippen LogP contribution in [0.5, 0.6) is 0 Å². The molecule has 1 atom stereocenters. The minimum Gasteiger partial charge on any atom is -0.403 e. The summed E-state index contributed by atoms with van der Waals surface area (Å²) >= 11 is 0. The van der Waals surface area contributed by atoms with Gasteiger partial charge in [-0.25, -0.2) is 0 Å². The largest absolute Gasteiger partial charge is 0.403 e. The summed E-state index contributed by atoms with van der Waals surface area (Å²) in [6.07, 6.45) is 3.80. The fourth-order valence-electron chi connectivity index (χ4n) is 3.60. The molecule has 6 nitrogen and oxygen atoms in total. The Balaban J connectivity index is 1.32. The van der Waals surface area contributed by atoms with E-state index in [1.165, 1.54) is 12.8 Å². The van der Waals surface area contributed by atoms with E-state index >= 15 is 0 Å². The van der Waals surface area contributed by atoms with Gasteiger partial charge in [-0.3, -0.25) is 4.79 Å². The number of hydrogen-bond donors (Lipinski definition) is 1. The Labute approximate surface area is 141 Å². The van der Waals surface area contributed by atoms with E-state index in [9.17, 15) is 4.79 Å². The Hall–Kier alpha value is -2.37. The van der Waals surface area contributed by atoms with Gasteiger partial charge in [-0.1, -0.05) is 30.2 Å². The second-order valence-electron chi connectivity index (χ2n) is 6.99. The van der Waals surface area contributed by atoms with Crippen molar-refractivity contribution in [3.05, 3.63) is 30.3 Å². The molecule has 1 N–H and O–H groups in total. The maximum absolute atomic E-state index is 12.4. The summed E-state index contributed by atoms with van der Waals surface area (Å²) in [6, 6.07) is 9.87. The summed E-state index contributed by atoms with van der Waals surface area (Å²) in [5.74, 6) is 1.15. The first-order chi connectivity index (χ1) is 11.7. The van der Waals surface area contributed by atoms with Crippen molar-refractivity contribution in [1.29, 1.82) is 0 Å². The van der Waals surface area contributed by atoms with Gasteiger partial charge >= 0.3 is 6.01 Å². The number of nitrogens with one attached hydrogen (secondary N) is 1. The number of piperidine rings is 1. The molecule has 126 valence electrons. The first-order valence-electron chi connectivity index (χ1n) is 8.57. The quantitative estimate of drug-likeness (QED) is 0.935. The van der Waals surface area contributed by atoms with Gasteiger partial charge in [-0.05, 0) is 42.7 Å². The third-order valence-corrected chi connectivity index (χ3v) is 5.50. The normalized spacial score (nSPS) is 21.7. The van der Waals surface area contributed by atoms with Crippen LogP contribution in [0.3, 0.4) is 0 Å². The topological polar surface area (TPSA) is 71.3 Å². The summed E-state index contributed by atoms with van der Waals surface area (Å²) in [6.45, 7) is 4.18. The number of rotatable bonds is 4. The van der Waals surface area contributed by atoms with Crippen molar-refractivity contribution < 1.29 is 9.21 Å². The van der Waals surface area contributed by atoms with Gasteiger partial charge in [0, 0.05) is 18.7 Å². The van der Waals surface area contributed by atoms with Crippen molar-refractivity contribution in [2.24, 2.45) is 11.3 Å². The van der Waals surface area contributed by atoms with E-state index in [4.69, 9.17) is 4.42 Å². The number of aromatic nitrogens is 2. The van der Waals surface area contributed by atoms with Crippen molar-refractivity contribution in [2.45, 2.75) is 26.2 Å². The third kappa shape index (κ3) is 2.88. The first kappa shape index (κ1) is 15.2. The highest BCUT2D eigenvalue weighted by Gasteiger charge is 2.50. The van der Waals surface area contributed by atoms with Crippen LogP contribution in [0.25, 0.3) is 11.5 Å². The first-order valence-corrected chi connectivity index (χ1v) is 8.57. The third-order valence-electron chi connectivity index (χ3n) is 5.50. The van der Waals surface area contributed by atoms with Crippen LogP contribution < -0.4 is 5.32 Å². The molecule has 1 aliphatic heterocycles. The molecule has 1 spiro atoms. The highest BCUT2D eigenvalue weighted by molar-refractivity contribution is 5.80. The fraction of sp³-hybridized carbons (Fsp3) is 0.500. The maximum atomic E-state index is 12.4. The smallest absolute Gasteiger partial charge is 0.316 e. The monoisotopic (exact) mass is 326 g/mol. The number of carbonyl (C=O) groups excluding carboxylic acids is 1. The van der Waals surface area contributed by atoms with Crippen LogP contribution in [0, 0.1) is 11.3 Å². The summed E-state index contributed by atoms with van der Waals surface area (Å²) in [7, 11) is 0. The van der Waals surface area contributed by atoms with Crippen molar-refractivity contribution in [3.63, 3.8) is 0 Å². The molecule has 24 heavy (non-hydrogen) atoms. The van der Waals surface area contributed by atoms with Crippen molar-refractivity contribution in [2.75, 3.05) is 25.0 Å². The van der Waals surface area contributed by atoms with Gasteiger partial charge in [0.25, 0.3) is 0 Å². The molecule has 1 aromatic heterocycles. The number of anilines is 1. The zero-order chi connectivity index (χ0) is 16.6. The molecule has 1 amide bonds. The molecular weight excluding hydrogens is 304 g/mol. The molecule has 0 radical (unpaired) electrons. The van der Waals surface area contributed by atoms with E-state index in [0.29, 0.717) is 17.2 Å². The van der Waals surface area contributed by atoms with E-state index in [1.54, 1.807) is 0 Å². The molecule has 2 heterocycles. The molecule has 1 saturated heterocycles. The Morgan fingerprint density at radius 3 is 2.79 bits per heavy atom. The summed E-state index contributed by atoms with van der Waals surface area (Å²) < 4.78 is 5.57. The average molecular weight is 326 g/mol. The second kappa shape index (κ2) is 5.92. The van der Waals surface area contributed by atoms with Crippen molar-refractivity contribution in [1.82, 2.24) is 15.1 Å². The molecule has 1 aromatic carbocycles. The highest BCUT2D eigenvalue weighted by atomic mass is 16.4. The van der Waals surface area contributed by atoms with Gasteiger partial charge < -0.3 is 14.6 Å². The fourth-order valence-corrected chi connectivity index (χ4v) is 3.60. The number of amides is 1. The Kier molecular flexibility index (Phi) is 3.75. The molecule has 2 fully saturated rings. The molecule has 4 rings (SSSR count). The minimum atomic E-state index is 0.0943. The molecule has 1 saturated carbocycles. The van der Waals surface area contributed by atoms with Crippen LogP contribution in [0.4, 0.5) is 6.01 Å². The molecule has 1 unspecified atom stereocenters. The SMILES string of the molecule is CC1CN(C(=O)CNc2nnc(-c3ccccc3)o2)CCC12CC2. The number of likely N-dealkylation sites (tertiary alicyclic amines) is 1. The van der Waals surface area contributed by atoms with Crippen LogP contribution in [-0.4, -0.2) is 40.6 Å². The summed E-state index contributed by atoms with van der Waals surface area (Å²) in [4.78, 5) is 14.4. The van der Waals surface area contributed by atoms with E-state index in [0.717, 1.165) is 25.1 Å². The molecule has 2 aromatic rings. The van der Waals surface area contributed by atoms with E-state index in [2.05, 4.69) is 22.4 Å². The number of hydrogen-bond acceptors (Lipinski definition) is 5. The van der Waals surface area contributed by atoms with E-state index in [-0.39, 0.29) is 18.5 Å². The van der Waals surface area contributed by atoms with Gasteiger partial charge in [0.05, 0.1) is 6.54 Å². The predicted molar refractivity (Wildman–Crippen MR) is 90.3 cm³/mol. The van der Waals surface area contributed by atoms with Crippen LogP contribution in [-0.2, 0) is 4.79 Å². The number of carbonyl (C=O) groups is 1. The van der Waals surface area contributed by atoms with Crippen LogP contribution in [0.1, 0.15) is 26.2 Å². The van der Waals surface area contributed by atoms with Crippen molar-refractivity contribution >= 4 is 11.9 Å². The second-order valence-corrected chi connectivity index (χ2v) is 6.99. The van der Waals surface area contributed by atoms with E-state index in [1.807, 2.05) is 35.2 Å². The lowest BCUT2D eigenvalue weighted by molar-refractivity contribution is -0.132. The summed E-state index contributed by atoms with van der Waals surface area (Å²) in [5.41, 5.74) is 1.41. The Morgan fingerprint density at radius 1 is 1.29 bits per heavy atom. The molecular formula is C18H22N4O2. The van der Waals surface area contributed by atoms with Crippen LogP contribution in [0.15, 0.2) is 34.7 Å². The lowest BCUT2D eigenvalue weighted by Gasteiger charge is -2.37. The number of benzene rings is 1. The molecule has 0 bridgehead atoms. The highest BCUT2D eigenvalue weighted by Crippen LogP contribution is 2.56. The zero-order valence-electron chi connectivity index (χ0n) is 13.9. The van der Waals surface area contributed by atoms with Crippen LogP contribution >= 0.6 is 0 Å².